The monoisotopic (exact) mass is 299 g/mol. The minimum absolute atomic E-state index is 0.387. The highest BCUT2D eigenvalue weighted by Crippen LogP contribution is 2.43. The number of hydrogen-bond acceptors (Lipinski definition) is 6. The highest BCUT2D eigenvalue weighted by molar-refractivity contribution is 8.07. The van der Waals surface area contributed by atoms with Gasteiger partial charge in [-0.2, -0.15) is 16.7 Å². The third-order valence-corrected chi connectivity index (χ3v) is 7.52. The number of nitrogens with zero attached hydrogens (tertiary/aromatic N) is 2. The molecule has 2 aliphatic heterocycles. The first-order chi connectivity index (χ1) is 9.15. The third-order valence-electron chi connectivity index (χ3n) is 4.13. The van der Waals surface area contributed by atoms with Gasteiger partial charge in [-0.05, 0) is 12.5 Å². The molecule has 106 valence electrons. The van der Waals surface area contributed by atoms with E-state index in [2.05, 4.69) is 36.2 Å². The van der Waals surface area contributed by atoms with Gasteiger partial charge in [-0.15, -0.1) is 11.8 Å². The van der Waals surface area contributed by atoms with Crippen molar-refractivity contribution < 1.29 is 4.52 Å². The van der Waals surface area contributed by atoms with E-state index in [-0.39, 0.29) is 0 Å². The van der Waals surface area contributed by atoms with Gasteiger partial charge in [0.1, 0.15) is 0 Å². The molecule has 0 aliphatic carbocycles. The van der Waals surface area contributed by atoms with E-state index in [0.29, 0.717) is 27.6 Å². The van der Waals surface area contributed by atoms with E-state index in [1.54, 1.807) is 0 Å². The molecule has 0 saturated carbocycles. The van der Waals surface area contributed by atoms with Crippen LogP contribution in [-0.4, -0.2) is 39.5 Å². The van der Waals surface area contributed by atoms with Gasteiger partial charge in [0.15, 0.2) is 5.82 Å². The van der Waals surface area contributed by atoms with Gasteiger partial charge in [0.2, 0.25) is 5.89 Å². The van der Waals surface area contributed by atoms with E-state index in [1.165, 1.54) is 0 Å². The van der Waals surface area contributed by atoms with Crippen molar-refractivity contribution >= 4 is 23.5 Å². The van der Waals surface area contributed by atoms with Crippen molar-refractivity contribution in [3.8, 4) is 0 Å². The fourth-order valence-corrected chi connectivity index (χ4v) is 5.42. The molecule has 6 heteroatoms. The fourth-order valence-electron chi connectivity index (χ4n) is 2.59. The van der Waals surface area contributed by atoms with Crippen LogP contribution in [0.1, 0.15) is 43.7 Å². The predicted octanol–water partition coefficient (Wildman–Crippen LogP) is 2.69. The summed E-state index contributed by atoms with van der Waals surface area (Å²) in [5.74, 6) is 3.78. The van der Waals surface area contributed by atoms with Gasteiger partial charge in [-0.25, -0.2) is 0 Å². The minimum Gasteiger partial charge on any atom is -0.339 e. The molecule has 5 atom stereocenters. The van der Waals surface area contributed by atoms with E-state index < -0.39 is 0 Å². The molecule has 1 N–H and O–H groups in total. The highest BCUT2D eigenvalue weighted by atomic mass is 32.2. The molecule has 3 heterocycles. The summed E-state index contributed by atoms with van der Waals surface area (Å²) in [5, 5.41) is 9.37. The summed E-state index contributed by atoms with van der Waals surface area (Å²) in [7, 11) is 0. The van der Waals surface area contributed by atoms with Gasteiger partial charge in [-0.1, -0.05) is 25.9 Å². The topological polar surface area (TPSA) is 51.0 Å². The maximum atomic E-state index is 5.51. The molecule has 2 aliphatic rings. The average Bonchev–Trinajstić information content (AvgIpc) is 3.01. The second-order valence-electron chi connectivity index (χ2n) is 5.60. The van der Waals surface area contributed by atoms with Crippen molar-refractivity contribution in [3.05, 3.63) is 11.7 Å². The Balaban J connectivity index is 1.71. The Morgan fingerprint density at radius 2 is 2.05 bits per heavy atom. The van der Waals surface area contributed by atoms with Gasteiger partial charge >= 0.3 is 0 Å². The lowest BCUT2D eigenvalue weighted by molar-refractivity contribution is 0.336. The summed E-state index contributed by atoms with van der Waals surface area (Å²) in [6.45, 7) is 8.84. The molecule has 0 radical (unpaired) electrons. The summed E-state index contributed by atoms with van der Waals surface area (Å²) in [4.78, 5) is 4.67. The number of thioether (sulfide) groups is 2. The number of hydrogen-bond donors (Lipinski definition) is 1. The van der Waals surface area contributed by atoms with Gasteiger partial charge in [0.05, 0.1) is 11.2 Å². The van der Waals surface area contributed by atoms with Crippen molar-refractivity contribution in [2.45, 2.75) is 42.4 Å². The van der Waals surface area contributed by atoms with E-state index in [9.17, 15) is 0 Å². The summed E-state index contributed by atoms with van der Waals surface area (Å²) >= 11 is 4.00. The van der Waals surface area contributed by atoms with Crippen LogP contribution in [0.5, 0.6) is 0 Å². The highest BCUT2D eigenvalue weighted by Gasteiger charge is 2.33. The maximum absolute atomic E-state index is 5.51. The Hall–Kier alpha value is -0.200. The number of nitrogens with one attached hydrogen (secondary N) is 1. The lowest BCUT2D eigenvalue weighted by atomic mass is 9.98. The zero-order valence-electron chi connectivity index (χ0n) is 11.6. The Bertz CT molecular complexity index is 439. The lowest BCUT2D eigenvalue weighted by Crippen LogP contribution is -2.22. The van der Waals surface area contributed by atoms with Crippen LogP contribution in [0.3, 0.4) is 0 Å². The first-order valence-corrected chi connectivity index (χ1v) is 8.95. The van der Waals surface area contributed by atoms with Gasteiger partial charge in [0, 0.05) is 22.8 Å². The lowest BCUT2D eigenvalue weighted by Gasteiger charge is -2.29. The van der Waals surface area contributed by atoms with E-state index in [1.807, 2.05) is 23.5 Å². The van der Waals surface area contributed by atoms with Gasteiger partial charge in [0.25, 0.3) is 0 Å². The summed E-state index contributed by atoms with van der Waals surface area (Å²) < 4.78 is 5.51. The van der Waals surface area contributed by atoms with Crippen LogP contribution in [0.4, 0.5) is 0 Å². The van der Waals surface area contributed by atoms with Crippen LogP contribution in [0.15, 0.2) is 4.52 Å². The van der Waals surface area contributed by atoms with Gasteiger partial charge in [-0.3, -0.25) is 0 Å². The Morgan fingerprint density at radius 1 is 1.21 bits per heavy atom. The normalized spacial score (nSPS) is 39.6. The van der Waals surface area contributed by atoms with Gasteiger partial charge < -0.3 is 9.84 Å². The van der Waals surface area contributed by atoms with Crippen molar-refractivity contribution in [1.29, 1.82) is 0 Å². The number of aromatic nitrogens is 2. The van der Waals surface area contributed by atoms with Crippen LogP contribution in [-0.2, 0) is 0 Å². The third kappa shape index (κ3) is 2.81. The molecule has 0 spiro atoms. The maximum Gasteiger partial charge on any atom is 0.231 e. The molecule has 1 aromatic rings. The molecule has 1 aromatic heterocycles. The second-order valence-corrected chi connectivity index (χ2v) is 8.60. The smallest absolute Gasteiger partial charge is 0.231 e. The molecule has 19 heavy (non-hydrogen) atoms. The molecule has 0 aromatic carbocycles. The van der Waals surface area contributed by atoms with Crippen LogP contribution >= 0.6 is 23.5 Å². The van der Waals surface area contributed by atoms with Crippen LogP contribution in [0.2, 0.25) is 0 Å². The standard InChI is InChI=1S/C13H21N3OS2/c1-7-4-14-5-10(7)13-15-12(16-17-13)11-6-18-8(2)9(3)19-11/h7-11,14H,4-6H2,1-3H3. The van der Waals surface area contributed by atoms with Crippen LogP contribution in [0, 0.1) is 5.92 Å². The van der Waals surface area contributed by atoms with Crippen molar-refractivity contribution in [2.75, 3.05) is 18.8 Å². The zero-order valence-corrected chi connectivity index (χ0v) is 13.3. The molecule has 0 bridgehead atoms. The SMILES string of the molecule is CC1CNCC1c1nc(C2CSC(C)C(C)S2)no1. The molecule has 5 unspecified atom stereocenters. The van der Waals surface area contributed by atoms with E-state index in [0.717, 1.165) is 30.6 Å². The summed E-state index contributed by atoms with van der Waals surface area (Å²) in [6.07, 6.45) is 0. The van der Waals surface area contributed by atoms with Crippen molar-refractivity contribution in [3.63, 3.8) is 0 Å². The molecule has 3 rings (SSSR count). The Kier molecular flexibility index (Phi) is 4.10. The van der Waals surface area contributed by atoms with Crippen LogP contribution in [0.25, 0.3) is 0 Å². The largest absolute Gasteiger partial charge is 0.339 e. The van der Waals surface area contributed by atoms with Crippen molar-refractivity contribution in [1.82, 2.24) is 15.5 Å². The fraction of sp³-hybridized carbons (Fsp3) is 0.846. The number of rotatable bonds is 2. The Labute approximate surface area is 122 Å². The average molecular weight is 299 g/mol. The molecule has 2 fully saturated rings. The predicted molar refractivity (Wildman–Crippen MR) is 80.8 cm³/mol. The first kappa shape index (κ1) is 13.8. The van der Waals surface area contributed by atoms with Crippen LogP contribution < -0.4 is 5.32 Å². The Morgan fingerprint density at radius 3 is 2.74 bits per heavy atom. The summed E-state index contributed by atoms with van der Waals surface area (Å²) in [5.41, 5.74) is 0. The van der Waals surface area contributed by atoms with E-state index in [4.69, 9.17) is 4.52 Å². The van der Waals surface area contributed by atoms with E-state index >= 15 is 0 Å². The molecule has 2 saturated heterocycles. The molecular formula is C13H21N3OS2. The quantitative estimate of drug-likeness (QED) is 0.906. The molecule has 0 amide bonds. The minimum atomic E-state index is 0.387. The zero-order chi connectivity index (χ0) is 13.4. The molecule has 4 nitrogen and oxygen atoms in total. The van der Waals surface area contributed by atoms with Crippen molar-refractivity contribution in [2.24, 2.45) is 5.92 Å². The summed E-state index contributed by atoms with van der Waals surface area (Å²) in [6, 6.07) is 0. The second kappa shape index (κ2) is 5.66. The first-order valence-electron chi connectivity index (χ1n) is 6.96. The molecular weight excluding hydrogens is 278 g/mol.